The summed E-state index contributed by atoms with van der Waals surface area (Å²) in [5, 5.41) is 8.84. The predicted molar refractivity (Wildman–Crippen MR) is 129 cm³/mol. The van der Waals surface area contributed by atoms with Crippen molar-refractivity contribution in [3.05, 3.63) is 47.4 Å². The zero-order valence-electron chi connectivity index (χ0n) is 19.7. The number of halogens is 1. The zero-order valence-corrected chi connectivity index (χ0v) is 19.7. The first-order valence-electron chi connectivity index (χ1n) is 12.8. The minimum Gasteiger partial charge on any atom is -0.207 e. The van der Waals surface area contributed by atoms with E-state index in [4.69, 9.17) is 0 Å². The standard InChI is InChI=1S/C28H41FN2/c1-3-5-7-9-22-11-13-23(14-12-22)15-18-26-19-20-28(31-30-26)25-17-16-24(27(29)21-25)10-8-6-4-2/h16-17,19-23H,3-15,18H2,1-2H3. The van der Waals surface area contributed by atoms with Crippen molar-refractivity contribution in [1.82, 2.24) is 10.2 Å². The molecule has 0 saturated heterocycles. The maximum absolute atomic E-state index is 14.4. The molecule has 2 aromatic rings. The van der Waals surface area contributed by atoms with Crippen LogP contribution in [-0.4, -0.2) is 10.2 Å². The van der Waals surface area contributed by atoms with Gasteiger partial charge in [-0.25, -0.2) is 4.39 Å². The fourth-order valence-electron chi connectivity index (χ4n) is 4.97. The molecule has 3 heteroatoms. The van der Waals surface area contributed by atoms with Crippen LogP contribution >= 0.6 is 0 Å². The third-order valence-corrected chi connectivity index (χ3v) is 7.11. The van der Waals surface area contributed by atoms with Gasteiger partial charge in [0.05, 0.1) is 11.4 Å². The Labute approximate surface area is 189 Å². The van der Waals surface area contributed by atoms with Crippen molar-refractivity contribution in [2.24, 2.45) is 11.8 Å². The second-order valence-corrected chi connectivity index (χ2v) is 9.59. The van der Waals surface area contributed by atoms with Gasteiger partial charge in [-0.15, -0.1) is 0 Å². The van der Waals surface area contributed by atoms with Crippen LogP contribution in [0.5, 0.6) is 0 Å². The van der Waals surface area contributed by atoms with Gasteiger partial charge in [0.1, 0.15) is 5.82 Å². The first kappa shape index (κ1) is 23.9. The summed E-state index contributed by atoms with van der Waals surface area (Å²) in [6.07, 6.45) is 17.5. The van der Waals surface area contributed by atoms with Crippen molar-refractivity contribution in [2.45, 2.75) is 104 Å². The number of nitrogens with zero attached hydrogens (tertiary/aromatic N) is 2. The lowest BCUT2D eigenvalue weighted by Gasteiger charge is -2.28. The normalized spacial score (nSPS) is 18.9. The Kier molecular flexibility index (Phi) is 9.96. The molecule has 31 heavy (non-hydrogen) atoms. The van der Waals surface area contributed by atoms with E-state index in [1.54, 1.807) is 6.07 Å². The third kappa shape index (κ3) is 7.70. The molecule has 1 aliphatic carbocycles. The van der Waals surface area contributed by atoms with E-state index in [0.717, 1.165) is 66.5 Å². The van der Waals surface area contributed by atoms with E-state index < -0.39 is 0 Å². The largest absolute Gasteiger partial charge is 0.207 e. The summed E-state index contributed by atoms with van der Waals surface area (Å²) in [6.45, 7) is 4.46. The first-order valence-corrected chi connectivity index (χ1v) is 12.8. The van der Waals surface area contributed by atoms with Crippen molar-refractivity contribution < 1.29 is 4.39 Å². The van der Waals surface area contributed by atoms with E-state index >= 15 is 0 Å². The zero-order chi connectivity index (χ0) is 21.9. The highest BCUT2D eigenvalue weighted by atomic mass is 19.1. The van der Waals surface area contributed by atoms with Gasteiger partial charge in [0.2, 0.25) is 0 Å². The molecule has 3 rings (SSSR count). The number of rotatable bonds is 12. The first-order chi connectivity index (χ1) is 15.2. The SMILES string of the molecule is CCCCCc1ccc(-c2ccc(CCC3CCC(CCCCC)CC3)nn2)cc1F. The van der Waals surface area contributed by atoms with Crippen LogP contribution in [-0.2, 0) is 12.8 Å². The number of unbranched alkanes of at least 4 members (excludes halogenated alkanes) is 4. The van der Waals surface area contributed by atoms with Crippen LogP contribution in [0.3, 0.4) is 0 Å². The van der Waals surface area contributed by atoms with Crippen molar-refractivity contribution in [3.63, 3.8) is 0 Å². The molecule has 170 valence electrons. The van der Waals surface area contributed by atoms with E-state index in [9.17, 15) is 4.39 Å². The quantitative estimate of drug-likeness (QED) is 0.320. The Balaban J connectivity index is 1.45. The fraction of sp³-hybridized carbons (Fsp3) is 0.643. The smallest absolute Gasteiger partial charge is 0.127 e. The minimum absolute atomic E-state index is 0.121. The molecule has 0 atom stereocenters. The van der Waals surface area contributed by atoms with E-state index in [-0.39, 0.29) is 5.82 Å². The summed E-state index contributed by atoms with van der Waals surface area (Å²) < 4.78 is 14.4. The number of aryl methyl sites for hydroxylation is 2. The van der Waals surface area contributed by atoms with Gasteiger partial charge >= 0.3 is 0 Å². The van der Waals surface area contributed by atoms with Gasteiger partial charge in [-0.1, -0.05) is 90.2 Å². The van der Waals surface area contributed by atoms with Gasteiger partial charge in [-0.3, -0.25) is 0 Å². The van der Waals surface area contributed by atoms with Crippen LogP contribution in [0.1, 0.15) is 102 Å². The van der Waals surface area contributed by atoms with E-state index in [1.807, 2.05) is 18.2 Å². The van der Waals surface area contributed by atoms with Gasteiger partial charge < -0.3 is 0 Å². The van der Waals surface area contributed by atoms with Crippen LogP contribution in [0.15, 0.2) is 30.3 Å². The molecule has 1 heterocycles. The fourth-order valence-corrected chi connectivity index (χ4v) is 4.97. The minimum atomic E-state index is -0.121. The molecule has 1 aromatic heterocycles. The summed E-state index contributed by atoms with van der Waals surface area (Å²) in [4.78, 5) is 0. The molecule has 1 aromatic carbocycles. The molecule has 0 N–H and O–H groups in total. The highest BCUT2D eigenvalue weighted by Crippen LogP contribution is 2.34. The summed E-state index contributed by atoms with van der Waals surface area (Å²) >= 11 is 0. The van der Waals surface area contributed by atoms with Crippen LogP contribution in [0.2, 0.25) is 0 Å². The summed E-state index contributed by atoms with van der Waals surface area (Å²) in [5.74, 6) is 1.70. The second-order valence-electron chi connectivity index (χ2n) is 9.59. The Morgan fingerprint density at radius 3 is 2.13 bits per heavy atom. The predicted octanol–water partition coefficient (Wildman–Crippen LogP) is 8.33. The molecule has 1 aliphatic rings. The number of hydrogen-bond acceptors (Lipinski definition) is 2. The topological polar surface area (TPSA) is 25.8 Å². The Morgan fingerprint density at radius 2 is 1.48 bits per heavy atom. The lowest BCUT2D eigenvalue weighted by Crippen LogP contribution is -2.15. The van der Waals surface area contributed by atoms with Crippen LogP contribution < -0.4 is 0 Å². The lowest BCUT2D eigenvalue weighted by atomic mass is 9.78. The molecule has 0 radical (unpaired) electrons. The lowest BCUT2D eigenvalue weighted by molar-refractivity contribution is 0.248. The average molecular weight is 425 g/mol. The van der Waals surface area contributed by atoms with Gasteiger partial charge in [-0.2, -0.15) is 10.2 Å². The van der Waals surface area contributed by atoms with Crippen LogP contribution in [0.25, 0.3) is 11.3 Å². The number of aromatic nitrogens is 2. The molecular weight excluding hydrogens is 383 g/mol. The van der Waals surface area contributed by atoms with Crippen molar-refractivity contribution in [1.29, 1.82) is 0 Å². The molecule has 0 bridgehead atoms. The van der Waals surface area contributed by atoms with Gasteiger partial charge in [0, 0.05) is 5.56 Å². The van der Waals surface area contributed by atoms with Gasteiger partial charge in [-0.05, 0) is 61.3 Å². The molecule has 1 fully saturated rings. The Morgan fingerprint density at radius 1 is 0.774 bits per heavy atom. The van der Waals surface area contributed by atoms with Crippen molar-refractivity contribution >= 4 is 0 Å². The molecule has 0 unspecified atom stereocenters. The summed E-state index contributed by atoms with van der Waals surface area (Å²) in [5.41, 5.74) is 3.44. The highest BCUT2D eigenvalue weighted by molar-refractivity contribution is 5.59. The number of hydrogen-bond donors (Lipinski definition) is 0. The molecular formula is C28H41FN2. The van der Waals surface area contributed by atoms with E-state index in [2.05, 4.69) is 30.1 Å². The molecule has 0 spiro atoms. The van der Waals surface area contributed by atoms with E-state index in [1.165, 1.54) is 57.8 Å². The summed E-state index contributed by atoms with van der Waals surface area (Å²) in [7, 11) is 0. The molecule has 1 saturated carbocycles. The van der Waals surface area contributed by atoms with Crippen LogP contribution in [0.4, 0.5) is 4.39 Å². The Bertz CT molecular complexity index is 763. The second kappa shape index (κ2) is 12.9. The number of benzene rings is 1. The molecule has 2 nitrogen and oxygen atoms in total. The third-order valence-electron chi connectivity index (χ3n) is 7.11. The maximum atomic E-state index is 14.4. The molecule has 0 aliphatic heterocycles. The monoisotopic (exact) mass is 424 g/mol. The average Bonchev–Trinajstić information content (AvgIpc) is 2.80. The van der Waals surface area contributed by atoms with E-state index in [0.29, 0.717) is 0 Å². The van der Waals surface area contributed by atoms with Gasteiger partial charge in [0.15, 0.2) is 0 Å². The Hall–Kier alpha value is -1.77. The van der Waals surface area contributed by atoms with Crippen molar-refractivity contribution in [3.8, 4) is 11.3 Å². The maximum Gasteiger partial charge on any atom is 0.127 e. The van der Waals surface area contributed by atoms with Crippen molar-refractivity contribution in [2.75, 3.05) is 0 Å². The highest BCUT2D eigenvalue weighted by Gasteiger charge is 2.20. The summed E-state index contributed by atoms with van der Waals surface area (Å²) in [6, 6.07) is 9.58. The van der Waals surface area contributed by atoms with Gasteiger partial charge in [0.25, 0.3) is 0 Å². The molecule has 0 amide bonds. The van der Waals surface area contributed by atoms with Crippen LogP contribution in [0, 0.1) is 17.7 Å².